The van der Waals surface area contributed by atoms with E-state index in [1.54, 1.807) is 13.8 Å². The number of carbonyl (C=O) groups is 4. The second kappa shape index (κ2) is 44.9. The number of carbonyl (C=O) groups excluding carboxylic acids is 4. The van der Waals surface area contributed by atoms with Gasteiger partial charge in [-0.1, -0.05) is 269 Å². The van der Waals surface area contributed by atoms with Gasteiger partial charge in [0.05, 0.1) is 19.8 Å². The van der Waals surface area contributed by atoms with E-state index < -0.39 is 54.1 Å². The number of benzene rings is 2. The maximum Gasteiger partial charge on any atom is 0.408 e. The number of unbranched alkanes of at least 4 members (excludes halogenated alkanes) is 26. The lowest BCUT2D eigenvalue weighted by atomic mass is 9.98. The summed E-state index contributed by atoms with van der Waals surface area (Å²) >= 11 is 0. The zero-order valence-electron chi connectivity index (χ0n) is 48.9. The van der Waals surface area contributed by atoms with Crippen LogP contribution in [0.3, 0.4) is 0 Å². The summed E-state index contributed by atoms with van der Waals surface area (Å²) in [6.07, 6.45) is 35.0. The quantitative estimate of drug-likeness (QED) is 0.0409. The van der Waals surface area contributed by atoms with E-state index in [1.807, 2.05) is 74.5 Å². The molecule has 0 saturated heterocycles. The molecule has 12 nitrogen and oxygen atoms in total. The van der Waals surface area contributed by atoms with Crippen LogP contribution in [-0.4, -0.2) is 85.6 Å². The van der Waals surface area contributed by atoms with Gasteiger partial charge in [0.2, 0.25) is 17.7 Å². The zero-order valence-corrected chi connectivity index (χ0v) is 48.9. The van der Waals surface area contributed by atoms with Crippen LogP contribution in [0.25, 0.3) is 0 Å². The normalized spacial score (nSPS) is 12.9. The van der Waals surface area contributed by atoms with Crippen molar-refractivity contribution in [1.82, 2.24) is 21.3 Å². The highest BCUT2D eigenvalue weighted by molar-refractivity contribution is 5.94. The molecular formula is C64H110N4O8. The van der Waals surface area contributed by atoms with E-state index in [4.69, 9.17) is 14.2 Å². The molecule has 0 aliphatic heterocycles. The van der Waals surface area contributed by atoms with Gasteiger partial charge in [0, 0.05) is 19.6 Å². The van der Waals surface area contributed by atoms with Gasteiger partial charge in [-0.15, -0.1) is 0 Å². The molecule has 12 heteroatoms. The first-order chi connectivity index (χ1) is 36.9. The highest BCUT2D eigenvalue weighted by Gasteiger charge is 2.37. The van der Waals surface area contributed by atoms with Gasteiger partial charge >= 0.3 is 6.09 Å². The largest absolute Gasteiger partial charge is 0.445 e. The van der Waals surface area contributed by atoms with Crippen LogP contribution in [0, 0.1) is 11.8 Å². The van der Waals surface area contributed by atoms with Crippen molar-refractivity contribution in [1.29, 1.82) is 0 Å². The van der Waals surface area contributed by atoms with Gasteiger partial charge in [-0.3, -0.25) is 14.4 Å². The molecule has 3 atom stereocenters. The topological polar surface area (TPSA) is 164 Å². The van der Waals surface area contributed by atoms with Crippen molar-refractivity contribution in [3.63, 3.8) is 0 Å². The van der Waals surface area contributed by atoms with E-state index in [0.717, 1.165) is 49.7 Å². The van der Waals surface area contributed by atoms with E-state index in [0.29, 0.717) is 13.2 Å². The third-order valence-corrected chi connectivity index (χ3v) is 14.4. The van der Waals surface area contributed by atoms with Crippen molar-refractivity contribution in [2.45, 2.75) is 264 Å². The fourth-order valence-corrected chi connectivity index (χ4v) is 9.65. The Labute approximate surface area is 462 Å². The molecule has 2 aromatic rings. The average molecular weight is 1060 g/mol. The van der Waals surface area contributed by atoms with Gasteiger partial charge in [0.1, 0.15) is 30.3 Å². The number of alkyl carbamates (subject to hydrolysis) is 1. The molecule has 5 N–H and O–H groups in total. The molecule has 0 fully saturated rings. The van der Waals surface area contributed by atoms with Crippen molar-refractivity contribution >= 4 is 23.8 Å². The van der Waals surface area contributed by atoms with Crippen LogP contribution >= 0.6 is 0 Å². The van der Waals surface area contributed by atoms with Gasteiger partial charge in [0.15, 0.2) is 0 Å². The Morgan fingerprint density at radius 3 is 1.28 bits per heavy atom. The molecular weight excluding hydrogens is 953 g/mol. The summed E-state index contributed by atoms with van der Waals surface area (Å²) in [4.78, 5) is 55.9. The summed E-state index contributed by atoms with van der Waals surface area (Å²) in [5.41, 5.74) is 0.366. The monoisotopic (exact) mass is 1060 g/mol. The Morgan fingerprint density at radius 2 is 0.882 bits per heavy atom. The molecule has 0 saturated carbocycles. The SMILES string of the molecule is CCCCCCCCCCCCCCCCOCC(CO)(COCCCCCCCCCCCCCCCC)NC(=O)[C@H](Cc1ccccc1)NC(=O)[C@H](CC(C)C)NC(=O)[C@@H](NC(=O)OCc1ccccc1)C(C)C. The molecule has 0 radical (unpaired) electrons. The first-order valence-corrected chi connectivity index (χ1v) is 30.6. The molecule has 434 valence electrons. The molecule has 0 heterocycles. The maximum atomic E-state index is 14.7. The minimum Gasteiger partial charge on any atom is -0.445 e. The van der Waals surface area contributed by atoms with Crippen LogP contribution in [-0.2, 0) is 41.6 Å². The Hall–Kier alpha value is -4.00. The molecule has 0 unspecified atom stereocenters. The number of amides is 4. The first-order valence-electron chi connectivity index (χ1n) is 30.6. The molecule has 4 amide bonds. The van der Waals surface area contributed by atoms with Crippen LogP contribution < -0.4 is 21.3 Å². The summed E-state index contributed by atoms with van der Waals surface area (Å²) in [6.45, 7) is 12.7. The molecule has 0 spiro atoms. The highest BCUT2D eigenvalue weighted by atomic mass is 16.5. The lowest BCUT2D eigenvalue weighted by Gasteiger charge is -2.34. The van der Waals surface area contributed by atoms with E-state index in [1.165, 1.54) is 141 Å². The number of nitrogens with one attached hydrogen (secondary N) is 4. The van der Waals surface area contributed by atoms with Crippen LogP contribution in [0.2, 0.25) is 0 Å². The summed E-state index contributed by atoms with van der Waals surface area (Å²) in [5.74, 6) is -1.91. The molecule has 0 aliphatic carbocycles. The predicted molar refractivity (Wildman–Crippen MR) is 312 cm³/mol. The van der Waals surface area contributed by atoms with E-state index >= 15 is 0 Å². The fraction of sp³-hybridized carbons (Fsp3) is 0.750. The minimum atomic E-state index is -1.26. The van der Waals surface area contributed by atoms with Crippen LogP contribution in [0.4, 0.5) is 4.79 Å². The number of aliphatic hydroxyl groups is 1. The molecule has 2 aromatic carbocycles. The van der Waals surface area contributed by atoms with Crippen molar-refractivity contribution in [3.8, 4) is 0 Å². The number of hydrogen-bond acceptors (Lipinski definition) is 8. The Bertz CT molecular complexity index is 1690. The van der Waals surface area contributed by atoms with E-state index in [2.05, 4.69) is 35.1 Å². The third kappa shape index (κ3) is 34.0. The number of ether oxygens (including phenoxy) is 3. The number of rotatable bonds is 49. The molecule has 0 aliphatic rings. The first kappa shape index (κ1) is 68.1. The molecule has 76 heavy (non-hydrogen) atoms. The van der Waals surface area contributed by atoms with E-state index in [9.17, 15) is 24.3 Å². The van der Waals surface area contributed by atoms with Crippen LogP contribution in [0.15, 0.2) is 60.7 Å². The summed E-state index contributed by atoms with van der Waals surface area (Å²) in [5, 5.41) is 22.8. The van der Waals surface area contributed by atoms with Crippen LogP contribution in [0.5, 0.6) is 0 Å². The van der Waals surface area contributed by atoms with Gasteiger partial charge in [-0.2, -0.15) is 0 Å². The van der Waals surface area contributed by atoms with Crippen molar-refractivity contribution in [3.05, 3.63) is 71.8 Å². The molecule has 2 rings (SSSR count). The minimum absolute atomic E-state index is 0.00508. The standard InChI is InChI=1S/C64H110N4O8/c1-7-9-11-13-15-17-19-21-23-25-27-29-31-39-45-74-51-64(50-69,52-75-46-40-32-30-28-26-24-22-20-18-16-14-12-10-8-2)68-61(71)58(48-55-41-35-33-36-42-55)65-60(70)57(47-53(3)4)66-62(72)59(54(5)6)67-63(73)76-49-56-43-37-34-38-44-56/h33-38,41-44,53-54,57-59,69H,7-32,39-40,45-52H2,1-6H3,(H,65,70)(H,66,72)(H,67,73)(H,68,71)/t57-,58-,59-/m0/s1. The van der Waals surface area contributed by atoms with Crippen LogP contribution in [0.1, 0.15) is 239 Å². The second-order valence-electron chi connectivity index (χ2n) is 22.6. The number of aliphatic hydroxyl groups excluding tert-OH is 1. The Balaban J connectivity index is 2.10. The van der Waals surface area contributed by atoms with E-state index in [-0.39, 0.29) is 44.5 Å². The smallest absolute Gasteiger partial charge is 0.408 e. The van der Waals surface area contributed by atoms with Gasteiger partial charge in [-0.05, 0) is 42.2 Å². The average Bonchev–Trinajstić information content (AvgIpc) is 3.41. The molecule has 0 aromatic heterocycles. The zero-order chi connectivity index (χ0) is 55.3. The van der Waals surface area contributed by atoms with Gasteiger partial charge < -0.3 is 40.6 Å². The van der Waals surface area contributed by atoms with Crippen molar-refractivity contribution < 1.29 is 38.5 Å². The summed E-state index contributed by atoms with van der Waals surface area (Å²) < 4.78 is 17.9. The van der Waals surface area contributed by atoms with Gasteiger partial charge in [0.25, 0.3) is 0 Å². The predicted octanol–water partition coefficient (Wildman–Crippen LogP) is 14.0. The molecule has 0 bridgehead atoms. The summed E-state index contributed by atoms with van der Waals surface area (Å²) in [7, 11) is 0. The third-order valence-electron chi connectivity index (χ3n) is 14.4. The fourth-order valence-electron chi connectivity index (χ4n) is 9.65. The summed E-state index contributed by atoms with van der Waals surface area (Å²) in [6, 6.07) is 15.6. The van der Waals surface area contributed by atoms with Gasteiger partial charge in [-0.25, -0.2) is 4.79 Å². The van der Waals surface area contributed by atoms with Crippen molar-refractivity contribution in [2.24, 2.45) is 11.8 Å². The Morgan fingerprint density at radius 1 is 0.487 bits per heavy atom. The Kier molecular flexibility index (Phi) is 40.3. The lowest BCUT2D eigenvalue weighted by Crippen LogP contribution is -2.63. The number of hydrogen-bond donors (Lipinski definition) is 5. The maximum absolute atomic E-state index is 14.7. The highest BCUT2D eigenvalue weighted by Crippen LogP contribution is 2.18. The lowest BCUT2D eigenvalue weighted by molar-refractivity contribution is -0.135. The van der Waals surface area contributed by atoms with Crippen molar-refractivity contribution in [2.75, 3.05) is 33.0 Å². The second-order valence-corrected chi connectivity index (χ2v) is 22.6.